The predicted molar refractivity (Wildman–Crippen MR) is 113 cm³/mol. The number of ether oxygens (including phenoxy) is 1. The van der Waals surface area contributed by atoms with Crippen molar-refractivity contribution in [3.05, 3.63) is 42.0 Å². The fourth-order valence-corrected chi connectivity index (χ4v) is 2.97. The molecule has 0 spiro atoms. The van der Waals surface area contributed by atoms with Crippen LogP contribution in [-0.2, 0) is 13.0 Å². The van der Waals surface area contributed by atoms with Crippen LogP contribution in [0.2, 0.25) is 0 Å². The summed E-state index contributed by atoms with van der Waals surface area (Å²) >= 11 is 0. The zero-order chi connectivity index (χ0) is 20.4. The van der Waals surface area contributed by atoms with Crippen LogP contribution in [0.15, 0.2) is 35.6 Å². The lowest BCUT2D eigenvalue weighted by atomic mass is 10.1. The van der Waals surface area contributed by atoms with Crippen LogP contribution in [-0.4, -0.2) is 66.5 Å². The molecule has 1 unspecified atom stereocenters. The quantitative estimate of drug-likeness (QED) is 0.477. The summed E-state index contributed by atoms with van der Waals surface area (Å²) in [6, 6.07) is 8.32. The highest BCUT2D eigenvalue weighted by atomic mass is 16.5. The minimum atomic E-state index is 0.162. The summed E-state index contributed by atoms with van der Waals surface area (Å²) in [5.74, 6) is 2.66. The third-order valence-corrected chi connectivity index (χ3v) is 4.53. The number of benzene rings is 1. The third-order valence-electron chi connectivity index (χ3n) is 4.53. The van der Waals surface area contributed by atoms with Crippen molar-refractivity contribution in [1.82, 2.24) is 30.3 Å². The molecule has 0 aliphatic heterocycles. The van der Waals surface area contributed by atoms with E-state index in [0.717, 1.165) is 43.6 Å². The molecule has 0 aliphatic rings. The SMILES string of the molecule is CCNC(=NCC(c1cccc(OC)c1)N(C)C)NCCn1cnnc1CC. The Balaban J connectivity index is 2.01. The molecule has 0 bridgehead atoms. The minimum absolute atomic E-state index is 0.162. The molecule has 2 aromatic rings. The molecule has 2 rings (SSSR count). The van der Waals surface area contributed by atoms with E-state index in [2.05, 4.69) is 70.4 Å². The lowest BCUT2D eigenvalue weighted by molar-refractivity contribution is 0.305. The maximum atomic E-state index is 5.36. The van der Waals surface area contributed by atoms with Crippen LogP contribution in [0.25, 0.3) is 0 Å². The summed E-state index contributed by atoms with van der Waals surface area (Å²) < 4.78 is 7.43. The second-order valence-corrected chi connectivity index (χ2v) is 6.70. The number of rotatable bonds is 10. The zero-order valence-electron chi connectivity index (χ0n) is 17.6. The summed E-state index contributed by atoms with van der Waals surface area (Å²) in [7, 11) is 5.82. The van der Waals surface area contributed by atoms with E-state index in [0.29, 0.717) is 6.54 Å². The van der Waals surface area contributed by atoms with Crippen molar-refractivity contribution in [2.24, 2.45) is 4.99 Å². The van der Waals surface area contributed by atoms with Crippen LogP contribution >= 0.6 is 0 Å². The summed E-state index contributed by atoms with van der Waals surface area (Å²) in [5.41, 5.74) is 1.18. The average molecular weight is 388 g/mol. The first-order valence-electron chi connectivity index (χ1n) is 9.78. The monoisotopic (exact) mass is 387 g/mol. The number of aryl methyl sites for hydroxylation is 1. The Morgan fingerprint density at radius 3 is 2.79 bits per heavy atom. The summed E-state index contributed by atoms with van der Waals surface area (Å²) in [4.78, 5) is 6.97. The van der Waals surface area contributed by atoms with Gasteiger partial charge in [-0.25, -0.2) is 0 Å². The van der Waals surface area contributed by atoms with Gasteiger partial charge in [0.1, 0.15) is 17.9 Å². The van der Waals surface area contributed by atoms with Crippen LogP contribution in [0.3, 0.4) is 0 Å². The smallest absolute Gasteiger partial charge is 0.191 e. The summed E-state index contributed by atoms with van der Waals surface area (Å²) in [6.07, 6.45) is 2.65. The summed E-state index contributed by atoms with van der Waals surface area (Å²) in [5, 5.41) is 14.8. The van der Waals surface area contributed by atoms with Crippen molar-refractivity contribution in [3.63, 3.8) is 0 Å². The number of nitrogens with one attached hydrogen (secondary N) is 2. The fourth-order valence-electron chi connectivity index (χ4n) is 2.97. The molecule has 0 fully saturated rings. The van der Waals surface area contributed by atoms with E-state index < -0.39 is 0 Å². The van der Waals surface area contributed by atoms with Gasteiger partial charge >= 0.3 is 0 Å². The van der Waals surface area contributed by atoms with Crippen molar-refractivity contribution in [2.45, 2.75) is 32.9 Å². The fraction of sp³-hybridized carbons (Fsp3) is 0.550. The number of aromatic nitrogens is 3. The number of likely N-dealkylation sites (N-methyl/N-ethyl adjacent to an activating group) is 1. The van der Waals surface area contributed by atoms with Crippen molar-refractivity contribution in [3.8, 4) is 5.75 Å². The van der Waals surface area contributed by atoms with Gasteiger partial charge in [-0.1, -0.05) is 19.1 Å². The molecular formula is C20H33N7O. The normalized spacial score (nSPS) is 12.9. The first-order valence-corrected chi connectivity index (χ1v) is 9.78. The Morgan fingerprint density at radius 1 is 1.29 bits per heavy atom. The van der Waals surface area contributed by atoms with E-state index in [1.165, 1.54) is 5.56 Å². The Hall–Kier alpha value is -2.61. The van der Waals surface area contributed by atoms with Crippen molar-refractivity contribution < 1.29 is 4.74 Å². The highest BCUT2D eigenvalue weighted by Gasteiger charge is 2.15. The molecular weight excluding hydrogens is 354 g/mol. The van der Waals surface area contributed by atoms with Crippen LogP contribution in [0, 0.1) is 0 Å². The van der Waals surface area contributed by atoms with Crippen LogP contribution in [0.5, 0.6) is 5.75 Å². The lowest BCUT2D eigenvalue weighted by Gasteiger charge is -2.24. The van der Waals surface area contributed by atoms with Crippen LogP contribution in [0.1, 0.15) is 31.3 Å². The highest BCUT2D eigenvalue weighted by Crippen LogP contribution is 2.22. The molecule has 8 nitrogen and oxygen atoms in total. The third kappa shape index (κ3) is 6.23. The van der Waals surface area contributed by atoms with Crippen LogP contribution < -0.4 is 15.4 Å². The van der Waals surface area contributed by atoms with Gasteiger partial charge in [0, 0.05) is 26.1 Å². The van der Waals surface area contributed by atoms with Crippen molar-refractivity contribution in [2.75, 3.05) is 40.8 Å². The van der Waals surface area contributed by atoms with Crippen molar-refractivity contribution >= 4 is 5.96 Å². The second-order valence-electron chi connectivity index (χ2n) is 6.70. The Labute approximate surface area is 168 Å². The molecule has 2 N–H and O–H groups in total. The van der Waals surface area contributed by atoms with E-state index in [4.69, 9.17) is 9.73 Å². The number of methoxy groups -OCH3 is 1. The zero-order valence-corrected chi connectivity index (χ0v) is 17.6. The first kappa shape index (κ1) is 21.7. The van der Waals surface area contributed by atoms with Gasteiger partial charge in [-0.15, -0.1) is 10.2 Å². The Morgan fingerprint density at radius 2 is 2.11 bits per heavy atom. The van der Waals surface area contributed by atoms with E-state index in [-0.39, 0.29) is 6.04 Å². The molecule has 0 saturated carbocycles. The Kier molecular flexibility index (Phi) is 8.74. The maximum Gasteiger partial charge on any atom is 0.191 e. The molecule has 1 aromatic heterocycles. The lowest BCUT2D eigenvalue weighted by Crippen LogP contribution is -2.39. The summed E-state index contributed by atoms with van der Waals surface area (Å²) in [6.45, 7) is 7.15. The highest BCUT2D eigenvalue weighted by molar-refractivity contribution is 5.79. The largest absolute Gasteiger partial charge is 0.497 e. The molecule has 0 aliphatic carbocycles. The second kappa shape index (κ2) is 11.3. The predicted octanol–water partition coefficient (Wildman–Crippen LogP) is 1.71. The standard InChI is InChI=1S/C20H33N7O/c1-6-19-25-24-15-27(19)12-11-22-20(21-7-2)23-14-18(26(3)4)16-9-8-10-17(13-16)28-5/h8-10,13,15,18H,6-7,11-12,14H2,1-5H3,(H2,21,22,23). The topological polar surface area (TPSA) is 79.6 Å². The average Bonchev–Trinajstić information content (AvgIpc) is 3.15. The van der Waals surface area contributed by atoms with E-state index in [1.54, 1.807) is 13.4 Å². The number of hydrogen-bond donors (Lipinski definition) is 2. The molecule has 154 valence electrons. The van der Waals surface area contributed by atoms with Gasteiger partial charge in [0.15, 0.2) is 5.96 Å². The van der Waals surface area contributed by atoms with Gasteiger partial charge in [-0.3, -0.25) is 4.99 Å². The number of guanidine groups is 1. The van der Waals surface area contributed by atoms with Gasteiger partial charge in [-0.05, 0) is 38.7 Å². The maximum absolute atomic E-state index is 5.36. The van der Waals surface area contributed by atoms with Gasteiger partial charge in [0.05, 0.1) is 19.7 Å². The van der Waals surface area contributed by atoms with Gasteiger partial charge in [-0.2, -0.15) is 0 Å². The van der Waals surface area contributed by atoms with Gasteiger partial charge in [0.2, 0.25) is 0 Å². The van der Waals surface area contributed by atoms with Gasteiger partial charge < -0.3 is 24.8 Å². The van der Waals surface area contributed by atoms with E-state index in [9.17, 15) is 0 Å². The van der Waals surface area contributed by atoms with Crippen LogP contribution in [0.4, 0.5) is 0 Å². The molecule has 1 atom stereocenters. The molecule has 28 heavy (non-hydrogen) atoms. The molecule has 1 heterocycles. The van der Waals surface area contributed by atoms with Crippen molar-refractivity contribution in [1.29, 1.82) is 0 Å². The Bertz CT molecular complexity index is 742. The number of aliphatic imine (C=N–C) groups is 1. The van der Waals surface area contributed by atoms with E-state index in [1.807, 2.05) is 12.1 Å². The molecule has 8 heteroatoms. The number of nitrogens with zero attached hydrogens (tertiary/aromatic N) is 5. The van der Waals surface area contributed by atoms with E-state index >= 15 is 0 Å². The molecule has 0 saturated heterocycles. The molecule has 0 amide bonds. The first-order chi connectivity index (χ1) is 13.6. The number of hydrogen-bond acceptors (Lipinski definition) is 5. The molecule has 0 radical (unpaired) electrons. The van der Waals surface area contributed by atoms with Gasteiger partial charge in [0.25, 0.3) is 0 Å². The minimum Gasteiger partial charge on any atom is -0.497 e. The molecule has 1 aromatic carbocycles.